The summed E-state index contributed by atoms with van der Waals surface area (Å²) in [7, 11) is 0. The molecule has 0 aliphatic carbocycles. The number of nitriles is 1. The van der Waals surface area contributed by atoms with Crippen LogP contribution in [0.1, 0.15) is 27.1 Å². The molecular weight excluding hydrogens is 376 g/mol. The zero-order valence-corrected chi connectivity index (χ0v) is 16.8. The van der Waals surface area contributed by atoms with Crippen LogP contribution in [-0.2, 0) is 19.4 Å². The fourth-order valence-corrected chi connectivity index (χ4v) is 4.82. The van der Waals surface area contributed by atoms with Crippen LogP contribution >= 0.6 is 11.3 Å². The predicted octanol–water partition coefficient (Wildman–Crippen LogP) is 4.96. The Morgan fingerprint density at radius 2 is 1.93 bits per heavy atom. The first-order valence-electron chi connectivity index (χ1n) is 9.72. The molecule has 0 N–H and O–H groups in total. The van der Waals surface area contributed by atoms with Crippen molar-refractivity contribution in [3.8, 4) is 11.8 Å². The second-order valence-electron chi connectivity index (χ2n) is 7.31. The summed E-state index contributed by atoms with van der Waals surface area (Å²) in [5.41, 5.74) is 5.78. The van der Waals surface area contributed by atoms with Crippen molar-refractivity contribution < 1.29 is 0 Å². The Labute approximate surface area is 174 Å². The molecule has 0 spiro atoms. The summed E-state index contributed by atoms with van der Waals surface area (Å²) in [6, 6.07) is 21.0. The Bertz CT molecular complexity index is 1180. The number of thiazole rings is 1. The van der Waals surface area contributed by atoms with E-state index in [1.54, 1.807) is 11.3 Å². The largest absolute Gasteiger partial charge is 0.343 e. The third-order valence-corrected chi connectivity index (χ3v) is 6.41. The molecule has 0 bridgehead atoms. The van der Waals surface area contributed by atoms with E-state index in [2.05, 4.69) is 58.3 Å². The molecule has 1 aliphatic heterocycles. The number of benzene rings is 2. The topological polar surface area (TPSA) is 44.9 Å². The fraction of sp³-hybridized carbons (Fsp3) is 0.167. The lowest BCUT2D eigenvalue weighted by atomic mass is 9.98. The van der Waals surface area contributed by atoms with Gasteiger partial charge in [-0.25, -0.2) is 4.98 Å². The van der Waals surface area contributed by atoms with Crippen LogP contribution in [0.4, 0.5) is 5.13 Å². The van der Waals surface area contributed by atoms with Gasteiger partial charge in [0.05, 0.1) is 11.6 Å². The molecule has 0 atom stereocenters. The van der Waals surface area contributed by atoms with Crippen molar-refractivity contribution in [2.75, 3.05) is 11.4 Å². The van der Waals surface area contributed by atoms with Gasteiger partial charge in [-0.1, -0.05) is 18.2 Å². The highest BCUT2D eigenvalue weighted by Crippen LogP contribution is 2.30. The number of fused-ring (bicyclic) bond motifs is 1. The van der Waals surface area contributed by atoms with Crippen LogP contribution < -0.4 is 4.90 Å². The van der Waals surface area contributed by atoms with E-state index in [4.69, 9.17) is 4.98 Å². The van der Waals surface area contributed by atoms with E-state index in [0.29, 0.717) is 0 Å². The summed E-state index contributed by atoms with van der Waals surface area (Å²) in [5.74, 6) is 0. The Morgan fingerprint density at radius 3 is 2.79 bits per heavy atom. The Hall–Kier alpha value is -3.36. The number of anilines is 1. The lowest BCUT2D eigenvalue weighted by Crippen LogP contribution is -2.30. The van der Waals surface area contributed by atoms with E-state index in [0.717, 1.165) is 36.6 Å². The quantitative estimate of drug-likeness (QED) is 0.490. The maximum atomic E-state index is 9.17. The second kappa shape index (κ2) is 7.57. The number of hydrogen-bond acceptors (Lipinski definition) is 4. The normalized spacial score (nSPS) is 13.1. The summed E-state index contributed by atoms with van der Waals surface area (Å²) >= 11 is 1.77. The molecule has 29 heavy (non-hydrogen) atoms. The monoisotopic (exact) mass is 396 g/mol. The summed E-state index contributed by atoms with van der Waals surface area (Å²) in [6.45, 7) is 1.79. The maximum Gasteiger partial charge on any atom is 0.185 e. The van der Waals surface area contributed by atoms with Gasteiger partial charge in [0.1, 0.15) is 0 Å². The van der Waals surface area contributed by atoms with Crippen LogP contribution in [0.15, 0.2) is 73.2 Å². The predicted molar refractivity (Wildman–Crippen MR) is 117 cm³/mol. The maximum absolute atomic E-state index is 9.17. The number of rotatable bonds is 4. The molecule has 0 saturated heterocycles. The van der Waals surface area contributed by atoms with Crippen LogP contribution in [0.3, 0.4) is 0 Å². The van der Waals surface area contributed by atoms with E-state index in [9.17, 15) is 5.26 Å². The highest BCUT2D eigenvalue weighted by Gasteiger charge is 2.19. The average molecular weight is 397 g/mol. The molecule has 0 unspecified atom stereocenters. The molecule has 142 valence electrons. The first-order chi connectivity index (χ1) is 14.3. The van der Waals surface area contributed by atoms with Gasteiger partial charge in [0.2, 0.25) is 0 Å². The number of aromatic nitrogens is 2. The van der Waals surface area contributed by atoms with Crippen molar-refractivity contribution in [1.82, 2.24) is 9.55 Å². The van der Waals surface area contributed by atoms with Crippen molar-refractivity contribution >= 4 is 16.5 Å². The molecule has 0 radical (unpaired) electrons. The number of hydrogen-bond donors (Lipinski definition) is 0. The number of nitrogens with zero attached hydrogens (tertiary/aromatic N) is 4. The van der Waals surface area contributed by atoms with Crippen molar-refractivity contribution in [3.05, 3.63) is 100 Å². The third kappa shape index (κ3) is 3.67. The molecule has 1 aliphatic rings. The second-order valence-corrected chi connectivity index (χ2v) is 8.41. The van der Waals surface area contributed by atoms with Crippen molar-refractivity contribution in [3.63, 3.8) is 0 Å². The van der Waals surface area contributed by atoms with Crippen LogP contribution in [0.2, 0.25) is 0 Å². The lowest BCUT2D eigenvalue weighted by Gasteiger charge is -2.28. The first kappa shape index (κ1) is 17.7. The van der Waals surface area contributed by atoms with Crippen LogP contribution in [0.25, 0.3) is 5.69 Å². The van der Waals surface area contributed by atoms with Crippen molar-refractivity contribution in [2.45, 2.75) is 19.4 Å². The van der Waals surface area contributed by atoms with Crippen molar-refractivity contribution in [2.24, 2.45) is 0 Å². The minimum atomic E-state index is 0.730. The summed E-state index contributed by atoms with van der Waals surface area (Å²) in [5, 5.41) is 10.2. The van der Waals surface area contributed by atoms with Gasteiger partial charge in [-0.2, -0.15) is 5.26 Å². The zero-order valence-electron chi connectivity index (χ0n) is 16.0. The summed E-state index contributed by atoms with van der Waals surface area (Å²) < 4.78 is 2.13. The standard InChI is InChI=1S/C24H20N4S/c25-15-19-6-7-20-8-11-28(17-21(20)12-19)24-26-16-23(29-24)14-18-4-3-5-22(13-18)27-9-1-2-10-27/h1-7,9-10,12-13,16H,8,11,14,17H2. The van der Waals surface area contributed by atoms with Crippen LogP contribution in [-0.4, -0.2) is 16.1 Å². The fourth-order valence-electron chi connectivity index (χ4n) is 3.85. The van der Waals surface area contributed by atoms with Gasteiger partial charge in [0.15, 0.2) is 5.13 Å². The smallest absolute Gasteiger partial charge is 0.185 e. The Balaban J connectivity index is 1.33. The van der Waals surface area contributed by atoms with Gasteiger partial charge < -0.3 is 9.47 Å². The Morgan fingerprint density at radius 1 is 1.03 bits per heavy atom. The lowest BCUT2D eigenvalue weighted by molar-refractivity contribution is 0.728. The molecule has 4 nitrogen and oxygen atoms in total. The Kier molecular flexibility index (Phi) is 4.63. The molecule has 0 fully saturated rings. The van der Waals surface area contributed by atoms with Crippen LogP contribution in [0.5, 0.6) is 0 Å². The molecular formula is C24H20N4S. The molecule has 5 heteroatoms. The van der Waals surface area contributed by atoms with E-state index in [-0.39, 0.29) is 0 Å². The highest BCUT2D eigenvalue weighted by atomic mass is 32.1. The van der Waals surface area contributed by atoms with E-state index in [1.165, 1.54) is 27.3 Å². The van der Waals surface area contributed by atoms with Crippen molar-refractivity contribution in [1.29, 1.82) is 5.26 Å². The molecule has 0 saturated carbocycles. The van der Waals surface area contributed by atoms with Gasteiger partial charge in [-0.05, 0) is 59.5 Å². The summed E-state index contributed by atoms with van der Waals surface area (Å²) in [6.07, 6.45) is 8.01. The molecule has 2 aromatic carbocycles. The van der Waals surface area contributed by atoms with Gasteiger partial charge in [-0.15, -0.1) is 11.3 Å². The SMILES string of the molecule is N#Cc1ccc2c(c1)CN(c1ncc(Cc3cccc(-n4cccc4)c3)s1)CC2. The van der Waals surface area contributed by atoms with E-state index in [1.807, 2.05) is 30.5 Å². The van der Waals surface area contributed by atoms with Crippen LogP contribution in [0, 0.1) is 11.3 Å². The average Bonchev–Trinajstić information content (AvgIpc) is 3.46. The summed E-state index contributed by atoms with van der Waals surface area (Å²) in [4.78, 5) is 8.29. The van der Waals surface area contributed by atoms with Gasteiger partial charge >= 0.3 is 0 Å². The minimum absolute atomic E-state index is 0.730. The van der Waals surface area contributed by atoms with E-state index >= 15 is 0 Å². The third-order valence-electron chi connectivity index (χ3n) is 5.35. The molecule has 3 heterocycles. The van der Waals surface area contributed by atoms with Gasteiger partial charge in [0.25, 0.3) is 0 Å². The highest BCUT2D eigenvalue weighted by molar-refractivity contribution is 7.15. The molecule has 5 rings (SSSR count). The zero-order chi connectivity index (χ0) is 19.6. The molecule has 0 amide bonds. The first-order valence-corrected chi connectivity index (χ1v) is 10.5. The van der Waals surface area contributed by atoms with E-state index < -0.39 is 0 Å². The van der Waals surface area contributed by atoms with Gasteiger partial charge in [-0.3, -0.25) is 0 Å². The molecule has 4 aromatic rings. The molecule has 2 aromatic heterocycles. The minimum Gasteiger partial charge on any atom is -0.343 e. The van der Waals surface area contributed by atoms with Gasteiger partial charge in [0, 0.05) is 48.7 Å².